The van der Waals surface area contributed by atoms with Crippen molar-refractivity contribution in [2.75, 3.05) is 19.6 Å². The van der Waals surface area contributed by atoms with Gasteiger partial charge in [-0.1, -0.05) is 20.8 Å². The van der Waals surface area contributed by atoms with Gasteiger partial charge in [-0.2, -0.15) is 0 Å². The first-order valence-electron chi connectivity index (χ1n) is 7.53. The molecule has 1 amide bonds. The van der Waals surface area contributed by atoms with Gasteiger partial charge in [-0.25, -0.2) is 4.98 Å². The molecule has 118 valence electrons. The predicted octanol–water partition coefficient (Wildman–Crippen LogP) is 1.48. The second-order valence-corrected chi connectivity index (χ2v) is 7.65. The van der Waals surface area contributed by atoms with Crippen LogP contribution in [0, 0.1) is 0 Å². The topological polar surface area (TPSA) is 71.2 Å². The van der Waals surface area contributed by atoms with Gasteiger partial charge >= 0.3 is 0 Å². The number of hydrogen-bond donors (Lipinski definition) is 2. The highest BCUT2D eigenvalue weighted by atomic mass is 32.1. The zero-order valence-corrected chi connectivity index (χ0v) is 14.0. The Morgan fingerprint density at radius 3 is 2.67 bits per heavy atom. The quantitative estimate of drug-likeness (QED) is 0.864. The van der Waals surface area contributed by atoms with E-state index >= 15 is 0 Å². The number of rotatable bonds is 5. The highest BCUT2D eigenvalue weighted by molar-refractivity contribution is 7.09. The lowest BCUT2D eigenvalue weighted by Crippen LogP contribution is -2.45. The van der Waals surface area contributed by atoms with E-state index < -0.39 is 0 Å². The summed E-state index contributed by atoms with van der Waals surface area (Å²) in [6, 6.07) is 0.508. The Hall–Kier alpha value is -0.980. The summed E-state index contributed by atoms with van der Waals surface area (Å²) in [7, 11) is 0. The number of nitrogens with one attached hydrogen (secondary N) is 1. The minimum absolute atomic E-state index is 0.128. The zero-order valence-electron chi connectivity index (χ0n) is 13.2. The molecule has 0 bridgehead atoms. The van der Waals surface area contributed by atoms with Crippen molar-refractivity contribution in [2.45, 2.75) is 51.6 Å². The largest absolute Gasteiger partial charge is 0.369 e. The Kier molecular flexibility index (Phi) is 5.35. The molecule has 0 radical (unpaired) electrons. The molecule has 1 aliphatic heterocycles. The normalized spacial score (nSPS) is 18.0. The fourth-order valence-electron chi connectivity index (χ4n) is 2.50. The van der Waals surface area contributed by atoms with E-state index in [1.165, 1.54) is 5.01 Å². The molecule has 0 aromatic carbocycles. The van der Waals surface area contributed by atoms with Crippen LogP contribution in [0.5, 0.6) is 0 Å². The van der Waals surface area contributed by atoms with Crippen LogP contribution in [-0.4, -0.2) is 41.5 Å². The highest BCUT2D eigenvalue weighted by Gasteiger charge is 2.21. The number of amides is 1. The van der Waals surface area contributed by atoms with Gasteiger partial charge in [0, 0.05) is 36.5 Å². The van der Waals surface area contributed by atoms with E-state index in [1.807, 2.05) is 0 Å². The van der Waals surface area contributed by atoms with Gasteiger partial charge in [0.15, 0.2) is 0 Å². The Morgan fingerprint density at radius 1 is 1.48 bits per heavy atom. The van der Waals surface area contributed by atoms with Gasteiger partial charge in [0.05, 0.1) is 17.2 Å². The summed E-state index contributed by atoms with van der Waals surface area (Å²) in [5.74, 6) is -0.237. The van der Waals surface area contributed by atoms with Crippen molar-refractivity contribution in [3.8, 4) is 0 Å². The van der Waals surface area contributed by atoms with Crippen molar-refractivity contribution >= 4 is 17.2 Å². The van der Waals surface area contributed by atoms with E-state index in [0.717, 1.165) is 38.2 Å². The molecular weight excluding hydrogens is 284 g/mol. The van der Waals surface area contributed by atoms with E-state index in [4.69, 9.17) is 10.7 Å². The van der Waals surface area contributed by atoms with Crippen LogP contribution in [0.2, 0.25) is 0 Å². The van der Waals surface area contributed by atoms with Crippen molar-refractivity contribution in [1.82, 2.24) is 15.2 Å². The van der Waals surface area contributed by atoms with Gasteiger partial charge in [0.2, 0.25) is 5.91 Å². The molecule has 5 nitrogen and oxygen atoms in total. The summed E-state index contributed by atoms with van der Waals surface area (Å²) >= 11 is 1.74. The number of thiazole rings is 1. The summed E-state index contributed by atoms with van der Waals surface area (Å²) in [6.07, 6.45) is 2.12. The number of nitrogens with zero attached hydrogens (tertiary/aromatic N) is 2. The number of carbonyl (C=O) groups excluding carboxylic acids is 1. The van der Waals surface area contributed by atoms with E-state index in [2.05, 4.69) is 36.4 Å². The lowest BCUT2D eigenvalue weighted by molar-refractivity contribution is -0.119. The number of carbonyl (C=O) groups is 1. The highest BCUT2D eigenvalue weighted by Crippen LogP contribution is 2.25. The molecule has 2 rings (SSSR count). The smallest absolute Gasteiger partial charge is 0.231 e. The number of aromatic nitrogens is 1. The first-order valence-corrected chi connectivity index (χ1v) is 8.41. The minimum Gasteiger partial charge on any atom is -0.369 e. The van der Waals surface area contributed by atoms with Crippen molar-refractivity contribution in [2.24, 2.45) is 5.73 Å². The zero-order chi connectivity index (χ0) is 15.5. The third-order valence-electron chi connectivity index (χ3n) is 3.73. The lowest BCUT2D eigenvalue weighted by atomic mass is 9.98. The second-order valence-electron chi connectivity index (χ2n) is 6.79. The lowest BCUT2D eigenvalue weighted by Gasteiger charge is -2.31. The third-order valence-corrected chi connectivity index (χ3v) is 5.05. The van der Waals surface area contributed by atoms with Crippen LogP contribution in [0.1, 0.15) is 44.3 Å². The Labute approximate surface area is 130 Å². The van der Waals surface area contributed by atoms with E-state index in [-0.39, 0.29) is 11.3 Å². The summed E-state index contributed by atoms with van der Waals surface area (Å²) < 4.78 is 0. The molecule has 3 N–H and O–H groups in total. The minimum atomic E-state index is -0.237. The van der Waals surface area contributed by atoms with Crippen molar-refractivity contribution in [3.63, 3.8) is 0 Å². The van der Waals surface area contributed by atoms with Crippen LogP contribution in [0.25, 0.3) is 0 Å². The van der Waals surface area contributed by atoms with Crippen LogP contribution in [-0.2, 0) is 16.8 Å². The molecule has 0 atom stereocenters. The fraction of sp³-hybridized carbons (Fsp3) is 0.733. The number of hydrogen-bond acceptors (Lipinski definition) is 5. The average Bonchev–Trinajstić information content (AvgIpc) is 2.86. The maximum atomic E-state index is 10.9. The number of likely N-dealkylation sites (tertiary alicyclic amines) is 1. The Morgan fingerprint density at radius 2 is 2.14 bits per heavy atom. The maximum absolute atomic E-state index is 10.9. The van der Waals surface area contributed by atoms with Gasteiger partial charge in [-0.15, -0.1) is 11.3 Å². The summed E-state index contributed by atoms with van der Waals surface area (Å²) in [5, 5.41) is 6.92. The van der Waals surface area contributed by atoms with Gasteiger partial charge in [-0.05, 0) is 12.8 Å². The summed E-state index contributed by atoms with van der Waals surface area (Å²) in [5.41, 5.74) is 6.48. The maximum Gasteiger partial charge on any atom is 0.231 e. The molecule has 6 heteroatoms. The van der Waals surface area contributed by atoms with Crippen LogP contribution in [0.15, 0.2) is 5.38 Å². The Bertz CT molecular complexity index is 472. The summed E-state index contributed by atoms with van der Waals surface area (Å²) in [6.45, 7) is 9.66. The molecule has 21 heavy (non-hydrogen) atoms. The van der Waals surface area contributed by atoms with Crippen molar-refractivity contribution in [1.29, 1.82) is 0 Å². The summed E-state index contributed by atoms with van der Waals surface area (Å²) in [4.78, 5) is 17.7. The molecular formula is C15H26N4OS. The SMILES string of the molecule is CC(C)(C)c1nc(CNC2CCN(CC(N)=O)CC2)cs1. The molecule has 2 heterocycles. The molecule has 0 spiro atoms. The second kappa shape index (κ2) is 6.85. The number of nitrogens with two attached hydrogens (primary N) is 1. The van der Waals surface area contributed by atoms with Crippen LogP contribution in [0.3, 0.4) is 0 Å². The Balaban J connectivity index is 1.75. The molecule has 1 aromatic heterocycles. The van der Waals surface area contributed by atoms with E-state index in [9.17, 15) is 4.79 Å². The number of piperidine rings is 1. The van der Waals surface area contributed by atoms with Crippen LogP contribution >= 0.6 is 11.3 Å². The molecule has 1 fully saturated rings. The van der Waals surface area contributed by atoms with E-state index in [1.54, 1.807) is 11.3 Å². The first kappa shape index (κ1) is 16.4. The number of primary amides is 1. The fourth-order valence-corrected chi connectivity index (χ4v) is 3.40. The molecule has 0 saturated carbocycles. The first-order chi connectivity index (χ1) is 9.84. The van der Waals surface area contributed by atoms with Crippen LogP contribution < -0.4 is 11.1 Å². The van der Waals surface area contributed by atoms with Gasteiger partial charge in [-0.3, -0.25) is 9.69 Å². The average molecular weight is 310 g/mol. The molecule has 1 aliphatic rings. The van der Waals surface area contributed by atoms with Gasteiger partial charge in [0.1, 0.15) is 0 Å². The van der Waals surface area contributed by atoms with Gasteiger partial charge < -0.3 is 11.1 Å². The predicted molar refractivity (Wildman–Crippen MR) is 86.3 cm³/mol. The monoisotopic (exact) mass is 310 g/mol. The van der Waals surface area contributed by atoms with Crippen molar-refractivity contribution < 1.29 is 4.79 Å². The molecule has 0 unspecified atom stereocenters. The van der Waals surface area contributed by atoms with E-state index in [0.29, 0.717) is 12.6 Å². The molecule has 1 aromatic rings. The molecule has 0 aliphatic carbocycles. The van der Waals surface area contributed by atoms with Gasteiger partial charge in [0.25, 0.3) is 0 Å². The standard InChI is InChI=1S/C15H26N4OS/c1-15(2,3)14-18-12(10-21-14)8-17-11-4-6-19(7-5-11)9-13(16)20/h10-11,17H,4-9H2,1-3H3,(H2,16,20). The van der Waals surface area contributed by atoms with Crippen LogP contribution in [0.4, 0.5) is 0 Å². The van der Waals surface area contributed by atoms with Crippen molar-refractivity contribution in [3.05, 3.63) is 16.1 Å². The molecule has 1 saturated heterocycles. The third kappa shape index (κ3) is 5.05.